The van der Waals surface area contributed by atoms with E-state index in [4.69, 9.17) is 20.5 Å². The number of carbonyl (C=O) groups is 2. The molecule has 7 heteroatoms. The number of ether oxygens (including phenoxy) is 2. The zero-order valence-electron chi connectivity index (χ0n) is 18.1. The Kier molecular flexibility index (Phi) is 9.19. The number of rotatable bonds is 11. The van der Waals surface area contributed by atoms with Gasteiger partial charge in [-0.25, -0.2) is 0 Å². The summed E-state index contributed by atoms with van der Waals surface area (Å²) >= 11 is 0. The van der Waals surface area contributed by atoms with Crippen LogP contribution in [0.5, 0.6) is 0 Å². The highest BCUT2D eigenvalue weighted by molar-refractivity contribution is 5.92. The Labute approximate surface area is 183 Å². The van der Waals surface area contributed by atoms with Gasteiger partial charge in [-0.15, -0.1) is 0 Å². The number of benzene rings is 2. The van der Waals surface area contributed by atoms with Crippen LogP contribution in [0.4, 0.5) is 0 Å². The van der Waals surface area contributed by atoms with Crippen LogP contribution >= 0.6 is 0 Å². The number of hydrogen-bond donors (Lipinski definition) is 2. The number of carbonyl (C=O) groups excluding carboxylic acids is 2. The van der Waals surface area contributed by atoms with E-state index in [2.05, 4.69) is 5.32 Å². The van der Waals surface area contributed by atoms with Crippen LogP contribution in [0.25, 0.3) is 0 Å². The molecule has 0 aliphatic heterocycles. The Morgan fingerprint density at radius 3 is 2.16 bits per heavy atom. The maximum atomic E-state index is 12.7. The molecular weight excluding hydrogens is 394 g/mol. The molecule has 164 valence electrons. The van der Waals surface area contributed by atoms with E-state index in [1.165, 1.54) is 0 Å². The van der Waals surface area contributed by atoms with Crippen molar-refractivity contribution in [3.63, 3.8) is 0 Å². The van der Waals surface area contributed by atoms with E-state index >= 15 is 0 Å². The van der Waals surface area contributed by atoms with Crippen molar-refractivity contribution >= 4 is 11.8 Å². The first-order valence-corrected chi connectivity index (χ1v) is 10.1. The summed E-state index contributed by atoms with van der Waals surface area (Å²) in [5.41, 5.74) is 7.36. The van der Waals surface area contributed by atoms with Crippen molar-refractivity contribution < 1.29 is 19.1 Å². The average molecular weight is 424 g/mol. The number of nitrogens with one attached hydrogen (secondary N) is 1. The van der Waals surface area contributed by atoms with Crippen LogP contribution in [0, 0.1) is 17.2 Å². The molecule has 0 saturated heterocycles. The fourth-order valence-electron chi connectivity index (χ4n) is 3.31. The molecule has 0 bridgehead atoms. The first-order chi connectivity index (χ1) is 14.9. The fourth-order valence-corrected chi connectivity index (χ4v) is 3.31. The SMILES string of the molecule is COC(c1ccc(C(N)=O)cc1)C(O[C@@H](CC(C)C)C(=O)NCC#N)c1ccccc1. The lowest BCUT2D eigenvalue weighted by Gasteiger charge is -2.31. The second kappa shape index (κ2) is 11.8. The minimum Gasteiger partial charge on any atom is -0.374 e. The number of hydrogen-bond acceptors (Lipinski definition) is 5. The van der Waals surface area contributed by atoms with E-state index in [0.717, 1.165) is 11.1 Å². The van der Waals surface area contributed by atoms with Crippen LogP contribution in [-0.4, -0.2) is 31.6 Å². The molecule has 3 atom stereocenters. The van der Waals surface area contributed by atoms with Crippen molar-refractivity contribution in [1.82, 2.24) is 5.32 Å². The van der Waals surface area contributed by atoms with Crippen LogP contribution < -0.4 is 11.1 Å². The lowest BCUT2D eigenvalue weighted by molar-refractivity contribution is -0.147. The zero-order valence-corrected chi connectivity index (χ0v) is 18.1. The van der Waals surface area contributed by atoms with Gasteiger partial charge in [0.05, 0.1) is 6.07 Å². The topological polar surface area (TPSA) is 114 Å². The van der Waals surface area contributed by atoms with Crippen LogP contribution in [0.3, 0.4) is 0 Å². The van der Waals surface area contributed by atoms with Crippen LogP contribution in [-0.2, 0) is 14.3 Å². The van der Waals surface area contributed by atoms with Gasteiger partial charge in [0.15, 0.2) is 0 Å². The first kappa shape index (κ1) is 24.1. The monoisotopic (exact) mass is 423 g/mol. The number of nitrogens with two attached hydrogens (primary N) is 1. The Morgan fingerprint density at radius 1 is 1.03 bits per heavy atom. The molecule has 0 aliphatic rings. The summed E-state index contributed by atoms with van der Waals surface area (Å²) in [6.07, 6.45) is -1.41. The third kappa shape index (κ3) is 6.92. The minimum atomic E-state index is -0.763. The Hall–Kier alpha value is -3.21. The third-order valence-corrected chi connectivity index (χ3v) is 4.81. The van der Waals surface area contributed by atoms with Gasteiger partial charge >= 0.3 is 0 Å². The van der Waals surface area contributed by atoms with E-state index < -0.39 is 24.2 Å². The maximum absolute atomic E-state index is 12.7. The van der Waals surface area contributed by atoms with Crippen molar-refractivity contribution in [1.29, 1.82) is 5.26 Å². The normalized spacial score (nSPS) is 13.8. The molecule has 0 aliphatic carbocycles. The number of nitriles is 1. The summed E-state index contributed by atoms with van der Waals surface area (Å²) in [6, 6.07) is 18.2. The van der Waals surface area contributed by atoms with Gasteiger partial charge in [-0.2, -0.15) is 5.26 Å². The predicted molar refractivity (Wildman–Crippen MR) is 117 cm³/mol. The van der Waals surface area contributed by atoms with Gasteiger partial charge in [0, 0.05) is 12.7 Å². The van der Waals surface area contributed by atoms with Gasteiger partial charge in [-0.3, -0.25) is 9.59 Å². The Morgan fingerprint density at radius 2 is 1.65 bits per heavy atom. The molecule has 31 heavy (non-hydrogen) atoms. The number of methoxy groups -OCH3 is 1. The molecule has 2 aromatic rings. The smallest absolute Gasteiger partial charge is 0.249 e. The number of amides is 2. The quantitative estimate of drug-likeness (QED) is 0.538. The lowest BCUT2D eigenvalue weighted by Crippen LogP contribution is -2.39. The summed E-state index contributed by atoms with van der Waals surface area (Å²) in [7, 11) is 1.57. The van der Waals surface area contributed by atoms with Gasteiger partial charge in [-0.05, 0) is 35.6 Å². The van der Waals surface area contributed by atoms with E-state index in [9.17, 15) is 9.59 Å². The summed E-state index contributed by atoms with van der Waals surface area (Å²) in [4.78, 5) is 24.1. The van der Waals surface area contributed by atoms with E-state index in [-0.39, 0.29) is 18.4 Å². The lowest BCUT2D eigenvalue weighted by atomic mass is 9.96. The highest BCUT2D eigenvalue weighted by Crippen LogP contribution is 2.36. The van der Waals surface area contributed by atoms with Gasteiger partial charge in [0.2, 0.25) is 11.8 Å². The van der Waals surface area contributed by atoms with Gasteiger partial charge in [0.1, 0.15) is 24.9 Å². The average Bonchev–Trinajstić information content (AvgIpc) is 2.77. The van der Waals surface area contributed by atoms with Crippen molar-refractivity contribution in [2.24, 2.45) is 11.7 Å². The minimum absolute atomic E-state index is 0.0882. The molecule has 2 aromatic carbocycles. The van der Waals surface area contributed by atoms with E-state index in [0.29, 0.717) is 12.0 Å². The van der Waals surface area contributed by atoms with Crippen molar-refractivity contribution in [2.45, 2.75) is 38.6 Å². The second-order valence-corrected chi connectivity index (χ2v) is 7.60. The molecule has 2 amide bonds. The van der Waals surface area contributed by atoms with Crippen LogP contribution in [0.2, 0.25) is 0 Å². The third-order valence-electron chi connectivity index (χ3n) is 4.81. The fraction of sp³-hybridized carbons (Fsp3) is 0.375. The molecule has 7 nitrogen and oxygen atoms in total. The summed E-state index contributed by atoms with van der Waals surface area (Å²) in [5.74, 6) is -0.650. The van der Waals surface area contributed by atoms with Gasteiger partial charge < -0.3 is 20.5 Å². The molecular formula is C24H29N3O4. The molecule has 2 unspecified atom stereocenters. The Bertz CT molecular complexity index is 891. The number of primary amides is 1. The molecule has 0 aromatic heterocycles. The molecule has 0 heterocycles. The van der Waals surface area contributed by atoms with Crippen molar-refractivity contribution in [2.75, 3.05) is 13.7 Å². The largest absolute Gasteiger partial charge is 0.374 e. The summed E-state index contributed by atoms with van der Waals surface area (Å²) in [5, 5.41) is 11.4. The highest BCUT2D eigenvalue weighted by Gasteiger charge is 2.32. The standard InChI is InChI=1S/C24H29N3O4/c1-16(2)15-20(24(29)27-14-13-25)31-22(17-7-5-4-6-8-17)21(30-3)18-9-11-19(12-10-18)23(26)28/h4-12,16,20-22H,14-15H2,1-3H3,(H2,26,28)(H,27,29)/t20-,21?,22?/m0/s1. The van der Waals surface area contributed by atoms with Crippen molar-refractivity contribution in [3.05, 3.63) is 71.3 Å². The molecule has 0 radical (unpaired) electrons. The highest BCUT2D eigenvalue weighted by atomic mass is 16.5. The van der Waals surface area contributed by atoms with E-state index in [1.54, 1.807) is 31.4 Å². The Balaban J connectivity index is 2.41. The summed E-state index contributed by atoms with van der Waals surface area (Å²) in [6.45, 7) is 3.92. The molecule has 3 N–H and O–H groups in total. The van der Waals surface area contributed by atoms with Gasteiger partial charge in [0.25, 0.3) is 0 Å². The second-order valence-electron chi connectivity index (χ2n) is 7.60. The van der Waals surface area contributed by atoms with Crippen LogP contribution in [0.15, 0.2) is 54.6 Å². The maximum Gasteiger partial charge on any atom is 0.249 e. The molecule has 0 saturated carbocycles. The van der Waals surface area contributed by atoms with Crippen molar-refractivity contribution in [3.8, 4) is 6.07 Å². The molecule has 2 rings (SSSR count). The predicted octanol–water partition coefficient (Wildman–Crippen LogP) is 3.29. The molecule has 0 fully saturated rings. The summed E-state index contributed by atoms with van der Waals surface area (Å²) < 4.78 is 12.1. The zero-order chi connectivity index (χ0) is 22.8. The van der Waals surface area contributed by atoms with E-state index in [1.807, 2.05) is 50.2 Å². The first-order valence-electron chi connectivity index (χ1n) is 10.1. The molecule has 0 spiro atoms. The number of nitrogens with zero attached hydrogens (tertiary/aromatic N) is 1. The van der Waals surface area contributed by atoms with Crippen LogP contribution in [0.1, 0.15) is 54.0 Å². The van der Waals surface area contributed by atoms with Gasteiger partial charge in [-0.1, -0.05) is 56.3 Å².